The molecule has 1 aromatic carbocycles. The van der Waals surface area contributed by atoms with Gasteiger partial charge in [-0.1, -0.05) is 11.6 Å². The predicted octanol–water partition coefficient (Wildman–Crippen LogP) is 2.37. The fraction of sp³-hybridized carbons (Fsp3) is 0.611. The van der Waals surface area contributed by atoms with Crippen LogP contribution in [0.5, 0.6) is 5.75 Å². The Bertz CT molecular complexity index is 565. The highest BCUT2D eigenvalue weighted by Gasteiger charge is 2.30. The summed E-state index contributed by atoms with van der Waals surface area (Å²) in [5, 5.41) is 10.0. The van der Waals surface area contributed by atoms with E-state index < -0.39 is 0 Å². The number of rotatable bonds is 6. The van der Waals surface area contributed by atoms with Crippen LogP contribution in [0.25, 0.3) is 0 Å². The Balaban J connectivity index is 2.13. The Morgan fingerprint density at radius 1 is 1.38 bits per heavy atom. The number of aliphatic hydroxyl groups excluding tert-OH is 1. The maximum Gasteiger partial charge on any atom is 0.253 e. The maximum atomic E-state index is 12.8. The zero-order valence-corrected chi connectivity index (χ0v) is 15.4. The van der Waals surface area contributed by atoms with Crippen LogP contribution in [0.15, 0.2) is 18.2 Å². The zero-order valence-electron chi connectivity index (χ0n) is 14.7. The number of benzene rings is 1. The summed E-state index contributed by atoms with van der Waals surface area (Å²) < 4.78 is 5.42. The van der Waals surface area contributed by atoms with Crippen LogP contribution in [-0.4, -0.2) is 67.8 Å². The van der Waals surface area contributed by atoms with Crippen LogP contribution in [0.3, 0.4) is 0 Å². The Hall–Kier alpha value is -1.30. The number of halogens is 1. The summed E-state index contributed by atoms with van der Waals surface area (Å²) in [5.74, 6) is 1.05. The number of nitrogens with zero attached hydrogens (tertiary/aromatic N) is 2. The smallest absolute Gasteiger partial charge is 0.253 e. The molecule has 1 amide bonds. The molecule has 134 valence electrons. The normalized spacial score (nSPS) is 21.2. The van der Waals surface area contributed by atoms with Crippen molar-refractivity contribution in [3.05, 3.63) is 28.8 Å². The van der Waals surface area contributed by atoms with Crippen molar-refractivity contribution in [1.29, 1.82) is 0 Å². The van der Waals surface area contributed by atoms with Gasteiger partial charge in [-0.05, 0) is 57.5 Å². The van der Waals surface area contributed by atoms with Crippen LogP contribution < -0.4 is 4.74 Å². The highest BCUT2D eigenvalue weighted by Crippen LogP contribution is 2.28. The van der Waals surface area contributed by atoms with E-state index in [1.165, 1.54) is 0 Å². The third-order valence-electron chi connectivity index (χ3n) is 4.27. The standard InChI is InChI=1S/C18H27ClN2O3/c1-4-24-17-6-5-15(8-16(17)19)18(23)21-10-13(9-20(2)3)7-14(11-21)12-22/h5-6,8,13-14,22H,4,7,9-12H2,1-3H3/t13-,14-/m0/s1. The molecule has 0 unspecified atom stereocenters. The van der Waals surface area contributed by atoms with E-state index in [4.69, 9.17) is 16.3 Å². The van der Waals surface area contributed by atoms with Crippen LogP contribution in [0.4, 0.5) is 0 Å². The molecule has 1 N–H and O–H groups in total. The minimum absolute atomic E-state index is 0.0399. The molecule has 0 aliphatic carbocycles. The van der Waals surface area contributed by atoms with Crippen molar-refractivity contribution >= 4 is 17.5 Å². The van der Waals surface area contributed by atoms with E-state index in [0.717, 1.165) is 13.0 Å². The fourth-order valence-corrected chi connectivity index (χ4v) is 3.59. The Morgan fingerprint density at radius 2 is 2.08 bits per heavy atom. The van der Waals surface area contributed by atoms with Crippen LogP contribution in [0.1, 0.15) is 23.7 Å². The van der Waals surface area contributed by atoms with Crippen LogP contribution in [0.2, 0.25) is 5.02 Å². The number of carbonyl (C=O) groups is 1. The van der Waals surface area contributed by atoms with Crippen LogP contribution in [-0.2, 0) is 0 Å². The van der Waals surface area contributed by atoms with Gasteiger partial charge in [0.25, 0.3) is 5.91 Å². The summed E-state index contributed by atoms with van der Waals surface area (Å²) >= 11 is 6.20. The minimum Gasteiger partial charge on any atom is -0.492 e. The van der Waals surface area contributed by atoms with Gasteiger partial charge < -0.3 is 19.6 Å². The van der Waals surface area contributed by atoms with Crippen LogP contribution >= 0.6 is 11.6 Å². The highest BCUT2D eigenvalue weighted by atomic mass is 35.5. The molecular weight excluding hydrogens is 328 g/mol. The SMILES string of the molecule is CCOc1ccc(C(=O)N2C[C@@H](CO)C[C@@H](CN(C)C)C2)cc1Cl. The molecule has 1 fully saturated rings. The number of hydrogen-bond acceptors (Lipinski definition) is 4. The van der Waals surface area contributed by atoms with Gasteiger partial charge in [0.1, 0.15) is 5.75 Å². The van der Waals surface area contributed by atoms with Crippen molar-refractivity contribution in [2.24, 2.45) is 11.8 Å². The van der Waals surface area contributed by atoms with Gasteiger partial charge in [-0.25, -0.2) is 0 Å². The second-order valence-electron chi connectivity index (χ2n) is 6.70. The van der Waals surface area contributed by atoms with Gasteiger partial charge in [-0.3, -0.25) is 4.79 Å². The third kappa shape index (κ3) is 4.85. The molecule has 5 nitrogen and oxygen atoms in total. The lowest BCUT2D eigenvalue weighted by Gasteiger charge is -2.38. The van der Waals surface area contributed by atoms with E-state index in [2.05, 4.69) is 4.90 Å². The van der Waals surface area contributed by atoms with Gasteiger partial charge in [-0.15, -0.1) is 0 Å². The molecule has 24 heavy (non-hydrogen) atoms. The Kier molecular flexibility index (Phi) is 6.90. The number of carbonyl (C=O) groups excluding carboxylic acids is 1. The number of aliphatic hydroxyl groups is 1. The molecule has 1 aliphatic rings. The van der Waals surface area contributed by atoms with Gasteiger partial charge in [0.05, 0.1) is 11.6 Å². The first-order chi connectivity index (χ1) is 11.4. The second-order valence-corrected chi connectivity index (χ2v) is 7.11. The fourth-order valence-electron chi connectivity index (χ4n) is 3.35. The molecule has 2 rings (SSSR count). The van der Waals surface area contributed by atoms with E-state index >= 15 is 0 Å². The van der Waals surface area contributed by atoms with Gasteiger partial charge in [0.2, 0.25) is 0 Å². The van der Waals surface area contributed by atoms with Gasteiger partial charge in [-0.2, -0.15) is 0 Å². The topological polar surface area (TPSA) is 53.0 Å². The first-order valence-corrected chi connectivity index (χ1v) is 8.79. The number of piperidine rings is 1. The molecule has 2 atom stereocenters. The van der Waals surface area contributed by atoms with Gasteiger partial charge >= 0.3 is 0 Å². The quantitative estimate of drug-likeness (QED) is 0.852. The maximum absolute atomic E-state index is 12.8. The molecule has 1 saturated heterocycles. The zero-order chi connectivity index (χ0) is 17.7. The average Bonchev–Trinajstić information content (AvgIpc) is 2.55. The summed E-state index contributed by atoms with van der Waals surface area (Å²) in [7, 11) is 4.06. The average molecular weight is 355 g/mol. The third-order valence-corrected chi connectivity index (χ3v) is 4.57. The minimum atomic E-state index is -0.0399. The van der Waals surface area contributed by atoms with Crippen molar-refractivity contribution in [2.75, 3.05) is 46.9 Å². The van der Waals surface area contributed by atoms with E-state index in [0.29, 0.717) is 41.9 Å². The largest absolute Gasteiger partial charge is 0.492 e. The lowest BCUT2D eigenvalue weighted by molar-refractivity contribution is 0.0477. The van der Waals surface area contributed by atoms with Crippen molar-refractivity contribution in [1.82, 2.24) is 9.80 Å². The molecule has 0 radical (unpaired) electrons. The number of likely N-dealkylation sites (tertiary alicyclic amines) is 1. The lowest BCUT2D eigenvalue weighted by Crippen LogP contribution is -2.47. The van der Waals surface area contributed by atoms with E-state index in [1.54, 1.807) is 18.2 Å². The summed E-state index contributed by atoms with van der Waals surface area (Å²) in [6.07, 6.45) is 0.947. The molecule has 1 aliphatic heterocycles. The van der Waals surface area contributed by atoms with Gasteiger partial charge in [0, 0.05) is 31.8 Å². The first-order valence-electron chi connectivity index (χ1n) is 8.41. The van der Waals surface area contributed by atoms with Crippen molar-refractivity contribution < 1.29 is 14.6 Å². The monoisotopic (exact) mass is 354 g/mol. The van der Waals surface area contributed by atoms with Gasteiger partial charge in [0.15, 0.2) is 0 Å². The first kappa shape index (κ1) is 19.0. The molecule has 6 heteroatoms. The summed E-state index contributed by atoms with van der Waals surface area (Å²) in [6.45, 7) is 4.73. The molecule has 0 aromatic heterocycles. The Labute approximate surface area is 149 Å². The highest BCUT2D eigenvalue weighted by molar-refractivity contribution is 6.32. The molecule has 0 spiro atoms. The number of hydrogen-bond donors (Lipinski definition) is 1. The lowest BCUT2D eigenvalue weighted by atomic mass is 9.89. The molecule has 0 saturated carbocycles. The summed E-state index contributed by atoms with van der Waals surface area (Å²) in [6, 6.07) is 5.16. The molecular formula is C18H27ClN2O3. The molecule has 0 bridgehead atoms. The van der Waals surface area contributed by atoms with Crippen molar-refractivity contribution in [2.45, 2.75) is 13.3 Å². The van der Waals surface area contributed by atoms with E-state index in [-0.39, 0.29) is 18.4 Å². The van der Waals surface area contributed by atoms with Crippen molar-refractivity contribution in [3.8, 4) is 5.75 Å². The predicted molar refractivity (Wildman–Crippen MR) is 95.8 cm³/mol. The van der Waals surface area contributed by atoms with E-state index in [1.807, 2.05) is 25.9 Å². The molecule has 1 aromatic rings. The molecule has 1 heterocycles. The summed E-state index contributed by atoms with van der Waals surface area (Å²) in [4.78, 5) is 16.8. The van der Waals surface area contributed by atoms with Crippen molar-refractivity contribution in [3.63, 3.8) is 0 Å². The van der Waals surface area contributed by atoms with Crippen LogP contribution in [0, 0.1) is 11.8 Å². The second kappa shape index (κ2) is 8.70. The number of amides is 1. The Morgan fingerprint density at radius 3 is 2.67 bits per heavy atom. The number of ether oxygens (including phenoxy) is 1. The summed E-state index contributed by atoms with van der Waals surface area (Å²) in [5.41, 5.74) is 0.561. The van der Waals surface area contributed by atoms with E-state index in [9.17, 15) is 9.90 Å².